The van der Waals surface area contributed by atoms with Crippen molar-refractivity contribution in [2.75, 3.05) is 0 Å². The molecule has 1 aliphatic rings. The summed E-state index contributed by atoms with van der Waals surface area (Å²) in [5.41, 5.74) is 0.381. The van der Waals surface area contributed by atoms with Crippen molar-refractivity contribution in [1.29, 1.82) is 0 Å². The minimum absolute atomic E-state index is 0.138. The zero-order valence-corrected chi connectivity index (χ0v) is 13.0. The lowest BCUT2D eigenvalue weighted by molar-refractivity contribution is 0.0717. The van der Waals surface area contributed by atoms with Gasteiger partial charge in [0.05, 0.1) is 17.1 Å². The molecule has 2 aromatic rings. The van der Waals surface area contributed by atoms with Crippen molar-refractivity contribution in [3.05, 3.63) is 51.7 Å². The highest BCUT2D eigenvalue weighted by Gasteiger charge is 2.34. The smallest absolute Gasteiger partial charge is 0.256 e. The van der Waals surface area contributed by atoms with Crippen LogP contribution in [-0.2, 0) is 6.54 Å². The Morgan fingerprint density at radius 3 is 2.81 bits per heavy atom. The number of aromatic nitrogens is 1. The second-order valence-corrected chi connectivity index (χ2v) is 5.96. The molecule has 1 aliphatic carbocycles. The van der Waals surface area contributed by atoms with Crippen LogP contribution in [0.25, 0.3) is 0 Å². The van der Waals surface area contributed by atoms with Crippen LogP contribution in [0.15, 0.2) is 28.8 Å². The maximum atomic E-state index is 12.7. The maximum Gasteiger partial charge on any atom is 0.256 e. The van der Waals surface area contributed by atoms with Crippen LogP contribution < -0.4 is 0 Å². The predicted octanol–water partition coefficient (Wildman–Crippen LogP) is 4.09. The normalized spacial score (nSPS) is 14.2. The monoisotopic (exact) mass is 324 g/mol. The van der Waals surface area contributed by atoms with Crippen molar-refractivity contribution in [2.45, 2.75) is 32.4 Å². The number of hydrogen-bond donors (Lipinski definition) is 0. The Balaban J connectivity index is 1.86. The van der Waals surface area contributed by atoms with Gasteiger partial charge in [0.2, 0.25) is 0 Å². The average Bonchev–Trinajstić information content (AvgIpc) is 3.21. The summed E-state index contributed by atoms with van der Waals surface area (Å²) in [7, 11) is 0. The maximum absolute atomic E-state index is 12.7. The van der Waals surface area contributed by atoms with Gasteiger partial charge in [-0.3, -0.25) is 4.79 Å². The standard InChI is InChI=1S/C15H14Cl2N2O2/c1-9-2-5-11(21-9)8-19(10-3-4-10)15(20)12-6-14(17)18-7-13(12)16/h2,5-7,10H,3-4,8H2,1H3. The molecule has 2 aromatic heterocycles. The van der Waals surface area contributed by atoms with Crippen molar-refractivity contribution in [1.82, 2.24) is 9.88 Å². The van der Waals surface area contributed by atoms with E-state index in [1.165, 1.54) is 12.3 Å². The van der Waals surface area contributed by atoms with Crippen molar-refractivity contribution >= 4 is 29.1 Å². The molecule has 1 fully saturated rings. The van der Waals surface area contributed by atoms with Gasteiger partial charge in [0, 0.05) is 12.2 Å². The molecular formula is C15H14Cl2N2O2. The molecule has 0 aliphatic heterocycles. The molecule has 0 atom stereocenters. The van der Waals surface area contributed by atoms with Gasteiger partial charge in [-0.2, -0.15) is 0 Å². The van der Waals surface area contributed by atoms with E-state index in [0.29, 0.717) is 17.1 Å². The molecule has 110 valence electrons. The lowest BCUT2D eigenvalue weighted by atomic mass is 10.2. The first-order chi connectivity index (χ1) is 10.0. The fourth-order valence-electron chi connectivity index (χ4n) is 2.22. The van der Waals surface area contributed by atoms with Gasteiger partial charge in [0.1, 0.15) is 16.7 Å². The highest BCUT2D eigenvalue weighted by Crippen LogP contribution is 2.31. The second-order valence-electron chi connectivity index (χ2n) is 5.16. The number of carbonyl (C=O) groups is 1. The first-order valence-electron chi connectivity index (χ1n) is 6.72. The van der Waals surface area contributed by atoms with Gasteiger partial charge in [-0.05, 0) is 38.0 Å². The Hall–Kier alpha value is -1.52. The van der Waals surface area contributed by atoms with Crippen molar-refractivity contribution in [2.24, 2.45) is 0 Å². The molecular weight excluding hydrogens is 311 g/mol. The molecule has 2 heterocycles. The van der Waals surface area contributed by atoms with E-state index in [0.717, 1.165) is 24.4 Å². The van der Waals surface area contributed by atoms with Crippen LogP contribution in [0, 0.1) is 6.92 Å². The molecule has 0 radical (unpaired) electrons. The third-order valence-corrected chi connectivity index (χ3v) is 3.93. The molecule has 1 saturated carbocycles. The number of furan rings is 1. The summed E-state index contributed by atoms with van der Waals surface area (Å²) < 4.78 is 5.57. The Labute approximate surface area is 132 Å². The lowest BCUT2D eigenvalue weighted by Crippen LogP contribution is -2.32. The zero-order valence-electron chi connectivity index (χ0n) is 11.5. The van der Waals surface area contributed by atoms with Crippen LogP contribution in [0.4, 0.5) is 0 Å². The summed E-state index contributed by atoms with van der Waals surface area (Å²) >= 11 is 11.9. The highest BCUT2D eigenvalue weighted by molar-refractivity contribution is 6.35. The van der Waals surface area contributed by atoms with Gasteiger partial charge in [0.25, 0.3) is 5.91 Å². The first kappa shape index (κ1) is 14.4. The van der Waals surface area contributed by atoms with Crippen molar-refractivity contribution in [3.63, 3.8) is 0 Å². The Morgan fingerprint density at radius 2 is 2.19 bits per heavy atom. The highest BCUT2D eigenvalue weighted by atomic mass is 35.5. The van der Waals surface area contributed by atoms with E-state index in [-0.39, 0.29) is 17.1 Å². The van der Waals surface area contributed by atoms with Gasteiger partial charge in [0.15, 0.2) is 0 Å². The van der Waals surface area contributed by atoms with Crippen LogP contribution in [0.3, 0.4) is 0 Å². The number of pyridine rings is 1. The predicted molar refractivity (Wildman–Crippen MR) is 80.6 cm³/mol. The number of aryl methyl sites for hydroxylation is 1. The SMILES string of the molecule is Cc1ccc(CN(C(=O)c2cc(Cl)ncc2Cl)C2CC2)o1. The molecule has 4 nitrogen and oxygen atoms in total. The molecule has 0 unspecified atom stereocenters. The summed E-state index contributed by atoms with van der Waals surface area (Å²) in [6.07, 6.45) is 3.41. The van der Waals surface area contributed by atoms with Crippen LogP contribution >= 0.6 is 23.2 Å². The van der Waals surface area contributed by atoms with E-state index >= 15 is 0 Å². The molecule has 21 heavy (non-hydrogen) atoms. The van der Waals surface area contributed by atoms with Gasteiger partial charge in [-0.1, -0.05) is 23.2 Å². The van der Waals surface area contributed by atoms with E-state index in [9.17, 15) is 4.79 Å². The van der Waals surface area contributed by atoms with E-state index in [1.807, 2.05) is 19.1 Å². The number of amides is 1. The fraction of sp³-hybridized carbons (Fsp3) is 0.333. The molecule has 0 aromatic carbocycles. The van der Waals surface area contributed by atoms with Gasteiger partial charge in [-0.15, -0.1) is 0 Å². The van der Waals surface area contributed by atoms with Crippen LogP contribution in [0.2, 0.25) is 10.2 Å². The number of halogens is 2. The average molecular weight is 325 g/mol. The second kappa shape index (κ2) is 5.70. The first-order valence-corrected chi connectivity index (χ1v) is 7.47. The van der Waals surface area contributed by atoms with Crippen molar-refractivity contribution < 1.29 is 9.21 Å². The van der Waals surface area contributed by atoms with E-state index < -0.39 is 0 Å². The van der Waals surface area contributed by atoms with Crippen LogP contribution in [0.5, 0.6) is 0 Å². The van der Waals surface area contributed by atoms with Gasteiger partial charge in [-0.25, -0.2) is 4.98 Å². The van der Waals surface area contributed by atoms with E-state index in [1.54, 1.807) is 4.90 Å². The third-order valence-electron chi connectivity index (χ3n) is 3.42. The molecule has 0 bridgehead atoms. The van der Waals surface area contributed by atoms with Crippen molar-refractivity contribution in [3.8, 4) is 0 Å². The van der Waals surface area contributed by atoms with E-state index in [4.69, 9.17) is 27.6 Å². The summed E-state index contributed by atoms with van der Waals surface area (Å²) in [4.78, 5) is 18.4. The van der Waals surface area contributed by atoms with Gasteiger partial charge >= 0.3 is 0 Å². The molecule has 0 N–H and O–H groups in total. The number of carbonyl (C=O) groups excluding carboxylic acids is 1. The molecule has 0 spiro atoms. The molecule has 0 saturated heterocycles. The zero-order chi connectivity index (χ0) is 15.0. The minimum Gasteiger partial charge on any atom is -0.464 e. The quantitative estimate of drug-likeness (QED) is 0.795. The Morgan fingerprint density at radius 1 is 1.43 bits per heavy atom. The molecule has 3 rings (SSSR count). The lowest BCUT2D eigenvalue weighted by Gasteiger charge is -2.22. The number of rotatable bonds is 4. The third kappa shape index (κ3) is 3.22. The molecule has 6 heteroatoms. The number of nitrogens with zero attached hydrogens (tertiary/aromatic N) is 2. The fourth-order valence-corrected chi connectivity index (χ4v) is 2.56. The van der Waals surface area contributed by atoms with Crippen LogP contribution in [-0.4, -0.2) is 21.8 Å². The summed E-state index contributed by atoms with van der Waals surface area (Å²) in [6, 6.07) is 5.53. The molecule has 1 amide bonds. The van der Waals surface area contributed by atoms with E-state index in [2.05, 4.69) is 4.98 Å². The Bertz CT molecular complexity index is 680. The van der Waals surface area contributed by atoms with Gasteiger partial charge < -0.3 is 9.32 Å². The largest absolute Gasteiger partial charge is 0.464 e. The summed E-state index contributed by atoms with van der Waals surface area (Å²) in [5, 5.41) is 0.568. The number of hydrogen-bond acceptors (Lipinski definition) is 3. The Kier molecular flexibility index (Phi) is 3.91. The topological polar surface area (TPSA) is 46.3 Å². The summed E-state index contributed by atoms with van der Waals surface area (Å²) in [5.74, 6) is 1.46. The van der Waals surface area contributed by atoms with Crippen LogP contribution in [0.1, 0.15) is 34.7 Å². The summed E-state index contributed by atoms with van der Waals surface area (Å²) in [6.45, 7) is 2.32. The minimum atomic E-state index is -0.138.